The number of piperidine rings is 1. The zero-order valence-corrected chi connectivity index (χ0v) is 13.5. The maximum Gasteiger partial charge on any atom is 0.119 e. The van der Waals surface area contributed by atoms with Crippen LogP contribution in [0, 0.1) is 18.8 Å². The number of hydrogen-bond acceptors (Lipinski definition) is 2. The molecule has 0 bridgehead atoms. The smallest absolute Gasteiger partial charge is 0.119 e. The first-order chi connectivity index (χ1) is 9.16. The Morgan fingerprint density at radius 3 is 2.79 bits per heavy atom. The Hall–Kier alpha value is -0.540. The minimum absolute atomic E-state index is 0.763. The largest absolute Gasteiger partial charge is 0.494 e. The SMILES string of the molecule is Cc1cc(OCC[C@@H](C)C2CCNCC2)ccc1Br. The summed E-state index contributed by atoms with van der Waals surface area (Å²) < 4.78 is 7.01. The molecular weight excluding hydrogens is 302 g/mol. The summed E-state index contributed by atoms with van der Waals surface area (Å²) in [5.74, 6) is 2.62. The normalized spacial score (nSPS) is 18.3. The molecule has 3 heteroatoms. The van der Waals surface area contributed by atoms with Crippen molar-refractivity contribution in [1.82, 2.24) is 5.32 Å². The minimum atomic E-state index is 0.763. The van der Waals surface area contributed by atoms with E-state index in [9.17, 15) is 0 Å². The van der Waals surface area contributed by atoms with Gasteiger partial charge < -0.3 is 10.1 Å². The average Bonchev–Trinajstić information content (AvgIpc) is 2.43. The second kappa shape index (κ2) is 7.30. The molecule has 1 N–H and O–H groups in total. The number of ether oxygens (including phenoxy) is 1. The van der Waals surface area contributed by atoms with Gasteiger partial charge in [-0.25, -0.2) is 0 Å². The van der Waals surface area contributed by atoms with Crippen molar-refractivity contribution in [3.05, 3.63) is 28.2 Å². The van der Waals surface area contributed by atoms with E-state index in [1.807, 2.05) is 6.07 Å². The van der Waals surface area contributed by atoms with E-state index in [-0.39, 0.29) is 0 Å². The highest BCUT2D eigenvalue weighted by atomic mass is 79.9. The summed E-state index contributed by atoms with van der Waals surface area (Å²) in [5.41, 5.74) is 1.23. The summed E-state index contributed by atoms with van der Waals surface area (Å²) in [6, 6.07) is 6.19. The van der Waals surface area contributed by atoms with E-state index >= 15 is 0 Å². The predicted octanol–water partition coefficient (Wildman–Crippen LogP) is 4.16. The summed E-state index contributed by atoms with van der Waals surface area (Å²) in [6.45, 7) is 7.65. The van der Waals surface area contributed by atoms with Crippen molar-refractivity contribution in [3.8, 4) is 5.75 Å². The summed E-state index contributed by atoms with van der Waals surface area (Å²) in [5, 5.41) is 3.43. The van der Waals surface area contributed by atoms with Gasteiger partial charge in [-0.3, -0.25) is 0 Å². The molecule has 0 aromatic heterocycles. The molecule has 1 atom stereocenters. The topological polar surface area (TPSA) is 21.3 Å². The fourth-order valence-corrected chi connectivity index (χ4v) is 2.97. The Morgan fingerprint density at radius 1 is 1.37 bits per heavy atom. The first-order valence-electron chi connectivity index (χ1n) is 7.26. The summed E-state index contributed by atoms with van der Waals surface area (Å²) >= 11 is 3.51. The van der Waals surface area contributed by atoms with Crippen molar-refractivity contribution in [3.63, 3.8) is 0 Å². The Morgan fingerprint density at radius 2 is 2.11 bits per heavy atom. The molecule has 2 rings (SSSR count). The number of benzene rings is 1. The maximum absolute atomic E-state index is 5.87. The van der Waals surface area contributed by atoms with E-state index in [1.165, 1.54) is 31.5 Å². The molecule has 0 saturated carbocycles. The molecule has 19 heavy (non-hydrogen) atoms. The van der Waals surface area contributed by atoms with Gasteiger partial charge in [-0.05, 0) is 74.9 Å². The summed E-state index contributed by atoms with van der Waals surface area (Å²) in [7, 11) is 0. The van der Waals surface area contributed by atoms with Crippen molar-refractivity contribution >= 4 is 15.9 Å². The van der Waals surface area contributed by atoms with Crippen LogP contribution in [0.4, 0.5) is 0 Å². The lowest BCUT2D eigenvalue weighted by molar-refractivity contribution is 0.216. The summed E-state index contributed by atoms with van der Waals surface area (Å²) in [6.07, 6.45) is 3.79. The first kappa shape index (κ1) is 14.9. The lowest BCUT2D eigenvalue weighted by Gasteiger charge is -2.28. The van der Waals surface area contributed by atoms with E-state index in [0.29, 0.717) is 0 Å². The molecule has 1 aliphatic rings. The van der Waals surface area contributed by atoms with Gasteiger partial charge in [0.05, 0.1) is 6.61 Å². The van der Waals surface area contributed by atoms with E-state index in [0.717, 1.165) is 35.1 Å². The standard InChI is InChI=1S/C16H24BrNO/c1-12(14-5-8-18-9-6-14)7-10-19-15-3-4-16(17)13(2)11-15/h3-4,11-12,14,18H,5-10H2,1-2H3/t12-/m1/s1. The number of rotatable bonds is 5. The molecule has 0 unspecified atom stereocenters. The van der Waals surface area contributed by atoms with Crippen LogP contribution in [-0.4, -0.2) is 19.7 Å². The van der Waals surface area contributed by atoms with Gasteiger partial charge in [0.1, 0.15) is 5.75 Å². The average molecular weight is 326 g/mol. The fourth-order valence-electron chi connectivity index (χ4n) is 2.72. The Bertz CT molecular complexity index is 402. The van der Waals surface area contributed by atoms with Crippen LogP contribution in [0.1, 0.15) is 31.7 Å². The molecule has 0 aliphatic carbocycles. The Kier molecular flexibility index (Phi) is 5.71. The quantitative estimate of drug-likeness (QED) is 0.877. The minimum Gasteiger partial charge on any atom is -0.494 e. The third-order valence-corrected chi connectivity index (χ3v) is 5.05. The first-order valence-corrected chi connectivity index (χ1v) is 8.06. The van der Waals surface area contributed by atoms with E-state index < -0.39 is 0 Å². The maximum atomic E-state index is 5.87. The molecule has 1 aliphatic heterocycles. The van der Waals surface area contributed by atoms with Gasteiger partial charge >= 0.3 is 0 Å². The Labute approximate surface area is 125 Å². The lowest BCUT2D eigenvalue weighted by atomic mass is 9.84. The molecule has 1 heterocycles. The van der Waals surface area contributed by atoms with Gasteiger partial charge in [0.2, 0.25) is 0 Å². The van der Waals surface area contributed by atoms with Crippen LogP contribution < -0.4 is 10.1 Å². The highest BCUT2D eigenvalue weighted by molar-refractivity contribution is 9.10. The molecule has 1 aromatic rings. The van der Waals surface area contributed by atoms with Crippen molar-refractivity contribution in [1.29, 1.82) is 0 Å². The van der Waals surface area contributed by atoms with Gasteiger partial charge in [-0.2, -0.15) is 0 Å². The predicted molar refractivity (Wildman–Crippen MR) is 83.7 cm³/mol. The second-order valence-electron chi connectivity index (χ2n) is 5.61. The third-order valence-electron chi connectivity index (χ3n) is 4.16. The Balaban J connectivity index is 1.74. The van der Waals surface area contributed by atoms with Crippen LogP contribution >= 0.6 is 15.9 Å². The van der Waals surface area contributed by atoms with E-state index in [2.05, 4.69) is 47.2 Å². The van der Waals surface area contributed by atoms with Crippen LogP contribution in [0.15, 0.2) is 22.7 Å². The van der Waals surface area contributed by atoms with Crippen molar-refractivity contribution in [2.24, 2.45) is 11.8 Å². The molecule has 2 nitrogen and oxygen atoms in total. The van der Waals surface area contributed by atoms with Crippen LogP contribution in [0.25, 0.3) is 0 Å². The van der Waals surface area contributed by atoms with Gasteiger partial charge in [-0.15, -0.1) is 0 Å². The highest BCUT2D eigenvalue weighted by Gasteiger charge is 2.19. The van der Waals surface area contributed by atoms with E-state index in [1.54, 1.807) is 0 Å². The molecule has 0 spiro atoms. The van der Waals surface area contributed by atoms with Crippen LogP contribution in [0.2, 0.25) is 0 Å². The molecule has 1 fully saturated rings. The molecule has 0 radical (unpaired) electrons. The van der Waals surface area contributed by atoms with Crippen molar-refractivity contribution < 1.29 is 4.74 Å². The molecule has 1 saturated heterocycles. The van der Waals surface area contributed by atoms with Gasteiger partial charge in [0, 0.05) is 4.47 Å². The second-order valence-corrected chi connectivity index (χ2v) is 6.47. The molecule has 1 aromatic carbocycles. The van der Waals surface area contributed by atoms with Crippen LogP contribution in [-0.2, 0) is 0 Å². The van der Waals surface area contributed by atoms with Gasteiger partial charge in [0.25, 0.3) is 0 Å². The fraction of sp³-hybridized carbons (Fsp3) is 0.625. The zero-order chi connectivity index (χ0) is 13.7. The van der Waals surface area contributed by atoms with Crippen LogP contribution in [0.5, 0.6) is 5.75 Å². The molecule has 0 amide bonds. The van der Waals surface area contributed by atoms with Crippen LogP contribution in [0.3, 0.4) is 0 Å². The number of aryl methyl sites for hydroxylation is 1. The monoisotopic (exact) mass is 325 g/mol. The third kappa shape index (κ3) is 4.50. The van der Waals surface area contributed by atoms with Gasteiger partial charge in [-0.1, -0.05) is 22.9 Å². The molecular formula is C16H24BrNO. The number of hydrogen-bond donors (Lipinski definition) is 1. The van der Waals surface area contributed by atoms with Crippen molar-refractivity contribution in [2.45, 2.75) is 33.1 Å². The van der Waals surface area contributed by atoms with Crippen molar-refractivity contribution in [2.75, 3.05) is 19.7 Å². The highest BCUT2D eigenvalue weighted by Crippen LogP contribution is 2.25. The van der Waals surface area contributed by atoms with E-state index in [4.69, 9.17) is 4.74 Å². The summed E-state index contributed by atoms with van der Waals surface area (Å²) in [4.78, 5) is 0. The molecule has 106 valence electrons. The van der Waals surface area contributed by atoms with Gasteiger partial charge in [0.15, 0.2) is 0 Å². The zero-order valence-electron chi connectivity index (χ0n) is 11.9. The lowest BCUT2D eigenvalue weighted by Crippen LogP contribution is -2.31. The number of halogens is 1. The number of nitrogens with one attached hydrogen (secondary N) is 1.